The standard InChI is InChI=1S/C12H8F4N2O2S/c13-6-1-2-9(17)11(5-6)21(19,20)18-10-4-7(14)3-8(15)12(10)16/h1-5,18H,17H2. The summed E-state index contributed by atoms with van der Waals surface area (Å²) < 4.78 is 78.1. The van der Waals surface area contributed by atoms with Crippen molar-refractivity contribution in [1.82, 2.24) is 0 Å². The van der Waals surface area contributed by atoms with E-state index in [0.29, 0.717) is 12.1 Å². The van der Waals surface area contributed by atoms with Gasteiger partial charge in [0.2, 0.25) is 0 Å². The van der Waals surface area contributed by atoms with Gasteiger partial charge in [0.1, 0.15) is 16.5 Å². The monoisotopic (exact) mass is 320 g/mol. The molecule has 0 saturated carbocycles. The lowest BCUT2D eigenvalue weighted by molar-refractivity contribution is 0.498. The van der Waals surface area contributed by atoms with E-state index in [9.17, 15) is 26.0 Å². The lowest BCUT2D eigenvalue weighted by Gasteiger charge is -2.11. The molecule has 4 nitrogen and oxygen atoms in total. The maximum absolute atomic E-state index is 13.4. The van der Waals surface area contributed by atoms with Gasteiger partial charge in [-0.25, -0.2) is 26.0 Å². The molecule has 2 aromatic rings. The molecular formula is C12H8F4N2O2S. The van der Waals surface area contributed by atoms with Crippen molar-refractivity contribution < 1.29 is 26.0 Å². The zero-order chi connectivity index (χ0) is 15.8. The van der Waals surface area contributed by atoms with Crippen molar-refractivity contribution in [2.45, 2.75) is 4.90 Å². The highest BCUT2D eigenvalue weighted by atomic mass is 32.2. The van der Waals surface area contributed by atoms with Gasteiger partial charge in [-0.05, 0) is 18.2 Å². The Kier molecular flexibility index (Phi) is 3.77. The van der Waals surface area contributed by atoms with E-state index in [1.807, 2.05) is 0 Å². The van der Waals surface area contributed by atoms with E-state index in [1.54, 1.807) is 4.72 Å². The maximum Gasteiger partial charge on any atom is 0.264 e. The van der Waals surface area contributed by atoms with Crippen LogP contribution in [0.4, 0.5) is 28.9 Å². The molecule has 0 radical (unpaired) electrons. The third kappa shape index (κ3) is 3.07. The normalized spacial score (nSPS) is 11.4. The van der Waals surface area contributed by atoms with Crippen LogP contribution in [0.25, 0.3) is 0 Å². The highest BCUT2D eigenvalue weighted by molar-refractivity contribution is 7.92. The summed E-state index contributed by atoms with van der Waals surface area (Å²) in [4.78, 5) is -0.674. The van der Waals surface area contributed by atoms with E-state index >= 15 is 0 Å². The fourth-order valence-corrected chi connectivity index (χ4v) is 2.77. The molecule has 0 saturated heterocycles. The van der Waals surface area contributed by atoms with E-state index in [2.05, 4.69) is 0 Å². The van der Waals surface area contributed by atoms with Gasteiger partial charge in [-0.1, -0.05) is 0 Å². The summed E-state index contributed by atoms with van der Waals surface area (Å²) in [7, 11) is -4.51. The molecular weight excluding hydrogens is 312 g/mol. The molecule has 0 amide bonds. The predicted octanol–water partition coefficient (Wildman–Crippen LogP) is 2.63. The summed E-state index contributed by atoms with van der Waals surface area (Å²) in [5.41, 5.74) is 4.15. The van der Waals surface area contributed by atoms with E-state index in [-0.39, 0.29) is 11.8 Å². The molecule has 9 heteroatoms. The molecule has 0 unspecified atom stereocenters. The Balaban J connectivity index is 2.50. The highest BCUT2D eigenvalue weighted by Crippen LogP contribution is 2.25. The van der Waals surface area contributed by atoms with Gasteiger partial charge in [-0.2, -0.15) is 0 Å². The SMILES string of the molecule is Nc1ccc(F)cc1S(=O)(=O)Nc1cc(F)cc(F)c1F. The van der Waals surface area contributed by atoms with Crippen LogP contribution in [0.2, 0.25) is 0 Å². The summed E-state index contributed by atoms with van der Waals surface area (Å²) >= 11 is 0. The predicted molar refractivity (Wildman–Crippen MR) is 67.9 cm³/mol. The van der Waals surface area contributed by atoms with Gasteiger partial charge in [0.15, 0.2) is 11.6 Å². The summed E-state index contributed by atoms with van der Waals surface area (Å²) in [5, 5.41) is 0. The second-order valence-electron chi connectivity index (χ2n) is 4.04. The number of nitrogens with one attached hydrogen (secondary N) is 1. The average Bonchev–Trinajstić information content (AvgIpc) is 2.37. The first-order valence-electron chi connectivity index (χ1n) is 5.43. The van der Waals surface area contributed by atoms with Crippen molar-refractivity contribution >= 4 is 21.4 Å². The molecule has 2 rings (SSSR count). The number of sulfonamides is 1. The Bertz CT molecular complexity index is 809. The molecule has 112 valence electrons. The first-order chi connectivity index (χ1) is 9.70. The van der Waals surface area contributed by atoms with Crippen LogP contribution in [0.1, 0.15) is 0 Å². The zero-order valence-electron chi connectivity index (χ0n) is 10.2. The molecule has 0 bridgehead atoms. The van der Waals surface area contributed by atoms with Crippen LogP contribution in [0.15, 0.2) is 35.2 Å². The average molecular weight is 320 g/mol. The number of nitrogen functional groups attached to an aromatic ring is 1. The number of hydrogen-bond acceptors (Lipinski definition) is 3. The van der Waals surface area contributed by atoms with E-state index < -0.39 is 43.9 Å². The molecule has 3 N–H and O–H groups in total. The van der Waals surface area contributed by atoms with Crippen molar-refractivity contribution in [3.63, 3.8) is 0 Å². The summed E-state index contributed by atoms with van der Waals surface area (Å²) in [5.74, 6) is -5.23. The minimum atomic E-state index is -4.51. The minimum Gasteiger partial charge on any atom is -0.398 e. The molecule has 0 atom stereocenters. The number of rotatable bonds is 3. The molecule has 2 aromatic carbocycles. The van der Waals surface area contributed by atoms with Crippen LogP contribution in [0.3, 0.4) is 0 Å². The lowest BCUT2D eigenvalue weighted by atomic mass is 10.3. The fourth-order valence-electron chi connectivity index (χ4n) is 1.57. The molecule has 0 aliphatic heterocycles. The van der Waals surface area contributed by atoms with Gasteiger partial charge < -0.3 is 5.73 Å². The molecule has 0 aliphatic rings. The third-order valence-corrected chi connectivity index (χ3v) is 3.92. The Morgan fingerprint density at radius 1 is 0.952 bits per heavy atom. The van der Waals surface area contributed by atoms with Crippen molar-refractivity contribution in [1.29, 1.82) is 0 Å². The first kappa shape index (κ1) is 15.1. The summed E-state index contributed by atoms with van der Waals surface area (Å²) in [6.07, 6.45) is 0. The molecule has 0 fully saturated rings. The number of hydrogen-bond donors (Lipinski definition) is 2. The minimum absolute atomic E-state index is 0.254. The van der Waals surface area contributed by atoms with Crippen molar-refractivity contribution in [3.05, 3.63) is 53.6 Å². The fraction of sp³-hybridized carbons (Fsp3) is 0. The quantitative estimate of drug-likeness (QED) is 0.519. The first-order valence-corrected chi connectivity index (χ1v) is 6.91. The molecule has 0 aromatic heterocycles. The van der Waals surface area contributed by atoms with Crippen LogP contribution in [0, 0.1) is 23.3 Å². The van der Waals surface area contributed by atoms with Gasteiger partial charge in [-0.15, -0.1) is 0 Å². The molecule has 0 heterocycles. The van der Waals surface area contributed by atoms with Crippen molar-refractivity contribution in [2.24, 2.45) is 0 Å². The van der Waals surface area contributed by atoms with Crippen LogP contribution in [0.5, 0.6) is 0 Å². The number of nitrogens with two attached hydrogens (primary N) is 1. The zero-order valence-corrected chi connectivity index (χ0v) is 11.0. The van der Waals surface area contributed by atoms with Crippen molar-refractivity contribution in [3.8, 4) is 0 Å². The van der Waals surface area contributed by atoms with Gasteiger partial charge in [0.05, 0.1) is 11.4 Å². The second kappa shape index (κ2) is 5.24. The van der Waals surface area contributed by atoms with E-state index in [4.69, 9.17) is 5.73 Å². The molecule has 21 heavy (non-hydrogen) atoms. The van der Waals surface area contributed by atoms with Gasteiger partial charge in [0, 0.05) is 12.1 Å². The maximum atomic E-state index is 13.4. The smallest absolute Gasteiger partial charge is 0.264 e. The van der Waals surface area contributed by atoms with Crippen LogP contribution in [-0.2, 0) is 10.0 Å². The number of halogens is 4. The Morgan fingerprint density at radius 2 is 1.62 bits per heavy atom. The highest BCUT2D eigenvalue weighted by Gasteiger charge is 2.22. The topological polar surface area (TPSA) is 72.2 Å². The van der Waals surface area contributed by atoms with Gasteiger partial charge in [0.25, 0.3) is 10.0 Å². The Hall–Kier alpha value is -2.29. The summed E-state index contributed by atoms with van der Waals surface area (Å²) in [6, 6.07) is 3.23. The summed E-state index contributed by atoms with van der Waals surface area (Å²) in [6.45, 7) is 0. The van der Waals surface area contributed by atoms with E-state index in [0.717, 1.165) is 12.1 Å². The van der Waals surface area contributed by atoms with Crippen LogP contribution >= 0.6 is 0 Å². The number of anilines is 2. The second-order valence-corrected chi connectivity index (χ2v) is 5.69. The largest absolute Gasteiger partial charge is 0.398 e. The van der Waals surface area contributed by atoms with Crippen molar-refractivity contribution in [2.75, 3.05) is 10.5 Å². The van der Waals surface area contributed by atoms with Crippen LogP contribution in [-0.4, -0.2) is 8.42 Å². The van der Waals surface area contributed by atoms with Gasteiger partial charge in [-0.3, -0.25) is 4.72 Å². The Labute approximate surface area is 117 Å². The van der Waals surface area contributed by atoms with Crippen LogP contribution < -0.4 is 10.5 Å². The van der Waals surface area contributed by atoms with E-state index in [1.165, 1.54) is 0 Å². The third-order valence-electron chi connectivity index (χ3n) is 2.50. The Morgan fingerprint density at radius 3 is 2.29 bits per heavy atom. The molecule has 0 aliphatic carbocycles. The number of benzene rings is 2. The molecule has 0 spiro atoms. The lowest BCUT2D eigenvalue weighted by Crippen LogP contribution is -2.16. The van der Waals surface area contributed by atoms with Gasteiger partial charge >= 0.3 is 0 Å².